The molecule has 8 nitrogen and oxygen atoms in total. The summed E-state index contributed by atoms with van der Waals surface area (Å²) in [6.45, 7) is 36.9. The number of imidazole rings is 2. The van der Waals surface area contributed by atoms with Crippen molar-refractivity contribution in [1.29, 1.82) is 0 Å². The van der Waals surface area contributed by atoms with Crippen LogP contribution >= 0.6 is 0 Å². The smallest absolute Gasteiger partial charge is 0.243 e. The quantitative estimate of drug-likeness (QED) is 0.0635. The van der Waals surface area contributed by atoms with E-state index in [0.29, 0.717) is 52.1 Å². The molecule has 8 heteroatoms. The van der Waals surface area contributed by atoms with Gasteiger partial charge in [0.2, 0.25) is 12.7 Å². The van der Waals surface area contributed by atoms with E-state index in [1.54, 1.807) is 0 Å². The van der Waals surface area contributed by atoms with Gasteiger partial charge in [0.1, 0.15) is 47.8 Å². The number of nitrogens with zero attached hydrogens (tertiary/aromatic N) is 4. The van der Waals surface area contributed by atoms with Crippen molar-refractivity contribution in [2.24, 2.45) is 14.1 Å². The van der Waals surface area contributed by atoms with Crippen molar-refractivity contribution in [3.8, 4) is 23.0 Å². The molecule has 4 aromatic carbocycles. The highest BCUT2D eigenvalue weighted by Crippen LogP contribution is 2.44. The molecule has 0 spiro atoms. The van der Waals surface area contributed by atoms with Gasteiger partial charge < -0.3 is 18.9 Å². The highest BCUT2D eigenvalue weighted by Gasteiger charge is 2.29. The second-order valence-electron chi connectivity index (χ2n) is 25.6. The summed E-state index contributed by atoms with van der Waals surface area (Å²) >= 11 is 0. The lowest BCUT2D eigenvalue weighted by Gasteiger charge is -2.29. The lowest BCUT2D eigenvalue weighted by atomic mass is 9.79. The number of fused-ring (bicyclic) bond motifs is 8. The Balaban J connectivity index is 1.50. The second kappa shape index (κ2) is 23.6. The van der Waals surface area contributed by atoms with E-state index in [0.717, 1.165) is 74.6 Å². The summed E-state index contributed by atoms with van der Waals surface area (Å²) in [6, 6.07) is 19.5. The zero-order valence-corrected chi connectivity index (χ0v) is 48.8. The fourth-order valence-electron chi connectivity index (χ4n) is 10.2. The average molecular weight is 1010 g/mol. The van der Waals surface area contributed by atoms with Gasteiger partial charge in [-0.1, -0.05) is 145 Å². The fourth-order valence-corrected chi connectivity index (χ4v) is 10.2. The molecular weight excluding hydrogens is 913 g/mol. The fraction of sp³-hybridized carbons (Fsp3) is 0.545. The molecule has 0 amide bonds. The Morgan fingerprint density at radius 3 is 0.824 bits per heavy atom. The summed E-state index contributed by atoms with van der Waals surface area (Å²) < 4.78 is 37.4. The molecule has 0 saturated carbocycles. The third-order valence-corrected chi connectivity index (χ3v) is 14.6. The molecule has 0 fully saturated rings. The van der Waals surface area contributed by atoms with E-state index in [9.17, 15) is 0 Å². The summed E-state index contributed by atoms with van der Waals surface area (Å²) in [5, 5.41) is 0. The number of hydrogen-bond donors (Lipinski definition) is 0. The molecule has 0 N–H and O–H groups in total. The predicted octanol–water partition coefficient (Wildman–Crippen LogP) is 14.1. The minimum atomic E-state index is -0.112. The van der Waals surface area contributed by atoms with Gasteiger partial charge in [0.05, 0.1) is 53.6 Å². The van der Waals surface area contributed by atoms with E-state index in [-0.39, 0.29) is 21.7 Å². The van der Waals surface area contributed by atoms with Crippen LogP contribution in [0.25, 0.3) is 0 Å². The number of aryl methyl sites for hydroxylation is 4. The van der Waals surface area contributed by atoms with Crippen molar-refractivity contribution in [1.82, 2.24) is 9.13 Å². The number of hydrogen-bond acceptors (Lipinski definition) is 4. The van der Waals surface area contributed by atoms with Crippen LogP contribution < -0.4 is 28.1 Å². The second-order valence-corrected chi connectivity index (χ2v) is 25.6. The number of unbranched alkanes of at least 4 members (excludes halogenated alkanes) is 2. The first-order valence-corrected chi connectivity index (χ1v) is 28.1. The first-order valence-electron chi connectivity index (χ1n) is 28.1. The molecule has 7 rings (SSSR count). The number of aromatic nitrogens is 4. The molecule has 0 unspecified atom stereocenters. The molecule has 8 bridgehead atoms. The van der Waals surface area contributed by atoms with Crippen molar-refractivity contribution < 1.29 is 28.1 Å². The average Bonchev–Trinajstić information content (AvgIpc) is 3.93. The molecule has 0 atom stereocenters. The minimum Gasteiger partial charge on any atom is -0.493 e. The van der Waals surface area contributed by atoms with Gasteiger partial charge in [-0.2, -0.15) is 0 Å². The van der Waals surface area contributed by atoms with Crippen LogP contribution in [0.4, 0.5) is 0 Å². The van der Waals surface area contributed by atoms with E-state index in [1.165, 1.54) is 66.8 Å². The highest BCUT2D eigenvalue weighted by atomic mass is 16.5. The maximum absolute atomic E-state index is 7.27. The van der Waals surface area contributed by atoms with Gasteiger partial charge in [0.15, 0.2) is 0 Å². The van der Waals surface area contributed by atoms with Crippen molar-refractivity contribution in [2.45, 2.75) is 196 Å². The van der Waals surface area contributed by atoms with Crippen LogP contribution in [0.15, 0.2) is 86.0 Å². The first-order chi connectivity index (χ1) is 34.9. The predicted molar refractivity (Wildman–Crippen MR) is 304 cm³/mol. The van der Waals surface area contributed by atoms with Crippen LogP contribution in [0.2, 0.25) is 0 Å². The standard InChI is InChI=1S/C66H94N4O4/c1-17-29-71-59-47-33-51-41-57(65(9,10)11)43-53(61(51)73-31-21-19-23-69-27-25-67(15)45-69)35-49-39-56(64(6,7)8)40-50(60(49)72-30-18-2)36-54-44-58(66(12,13)14)42-52(34-48(59)38-55(37-47)63(3,4)5)62(54)74-32-22-20-24-70-28-26-68(16)46-70/h25-28,37-46H,17-24,29-36H2,1-16H3/q+2. The largest absolute Gasteiger partial charge is 0.493 e. The van der Waals surface area contributed by atoms with Gasteiger partial charge in [-0.3, -0.25) is 0 Å². The van der Waals surface area contributed by atoms with Gasteiger partial charge in [0, 0.05) is 25.7 Å². The topological polar surface area (TPSA) is 54.5 Å². The lowest BCUT2D eigenvalue weighted by molar-refractivity contribution is -0.671. The normalized spacial score (nSPS) is 13.3. The van der Waals surface area contributed by atoms with Crippen LogP contribution in [-0.2, 0) is 74.5 Å². The molecule has 0 aliphatic heterocycles. The zero-order chi connectivity index (χ0) is 53.6. The Kier molecular flexibility index (Phi) is 17.9. The Morgan fingerprint density at radius 2 is 0.622 bits per heavy atom. The highest BCUT2D eigenvalue weighted by molar-refractivity contribution is 5.60. The van der Waals surface area contributed by atoms with Crippen LogP contribution in [0.5, 0.6) is 23.0 Å². The van der Waals surface area contributed by atoms with Crippen molar-refractivity contribution >= 4 is 0 Å². The van der Waals surface area contributed by atoms with E-state index in [2.05, 4.69) is 215 Å². The molecule has 1 aliphatic rings. The van der Waals surface area contributed by atoms with Gasteiger partial charge in [0.25, 0.3) is 0 Å². The summed E-state index contributed by atoms with van der Waals surface area (Å²) in [4.78, 5) is 0. The van der Waals surface area contributed by atoms with E-state index in [4.69, 9.17) is 18.9 Å². The van der Waals surface area contributed by atoms with Crippen LogP contribution in [-0.4, -0.2) is 35.6 Å². The summed E-state index contributed by atoms with van der Waals surface area (Å²) in [5.74, 6) is 3.97. The third-order valence-electron chi connectivity index (χ3n) is 14.6. The molecule has 400 valence electrons. The SMILES string of the molecule is CCCOc1c2cc(C(C)(C)C)cc1Cc1cc(C(C)(C)C)cc(c1OCCCCn1cc[n+](C)c1)Cc1cc(C(C)(C)C)cc(c1OCCC)Cc1cc(C(C)(C)C)cc(c1OCCCCn1cc[n+](C)c1)C2. The molecule has 6 aromatic rings. The summed E-state index contributed by atoms with van der Waals surface area (Å²) in [7, 11) is 4.16. The van der Waals surface area contributed by atoms with Crippen molar-refractivity contribution in [2.75, 3.05) is 26.4 Å². The Bertz CT molecular complexity index is 2540. The Hall–Kier alpha value is -5.50. The van der Waals surface area contributed by atoms with Gasteiger partial charge in [-0.05, 0) is 127 Å². The summed E-state index contributed by atoms with van der Waals surface area (Å²) in [6.07, 6.45) is 21.2. The monoisotopic (exact) mass is 1010 g/mol. The van der Waals surface area contributed by atoms with Crippen LogP contribution in [0.3, 0.4) is 0 Å². The Labute approximate surface area is 447 Å². The van der Waals surface area contributed by atoms with Crippen LogP contribution in [0, 0.1) is 0 Å². The molecular formula is C66H94N4O4+2. The zero-order valence-electron chi connectivity index (χ0n) is 48.8. The first kappa shape index (κ1) is 56.2. The molecule has 1 aliphatic carbocycles. The maximum atomic E-state index is 7.27. The van der Waals surface area contributed by atoms with Crippen LogP contribution in [0.1, 0.15) is 202 Å². The van der Waals surface area contributed by atoms with Crippen molar-refractivity contribution in [3.05, 3.63) is 153 Å². The van der Waals surface area contributed by atoms with Gasteiger partial charge >= 0.3 is 0 Å². The molecule has 74 heavy (non-hydrogen) atoms. The number of benzene rings is 4. The maximum Gasteiger partial charge on any atom is 0.243 e. The third kappa shape index (κ3) is 14.5. The summed E-state index contributed by atoms with van der Waals surface area (Å²) in [5.41, 5.74) is 14.4. The number of rotatable bonds is 18. The Morgan fingerprint density at radius 1 is 0.378 bits per heavy atom. The van der Waals surface area contributed by atoms with Gasteiger partial charge in [-0.15, -0.1) is 0 Å². The number of ether oxygens (including phenoxy) is 4. The van der Waals surface area contributed by atoms with Gasteiger partial charge in [-0.25, -0.2) is 18.3 Å². The molecule has 0 radical (unpaired) electrons. The molecule has 0 saturated heterocycles. The molecule has 2 heterocycles. The lowest BCUT2D eigenvalue weighted by Crippen LogP contribution is -2.23. The van der Waals surface area contributed by atoms with Crippen molar-refractivity contribution in [3.63, 3.8) is 0 Å². The molecule has 2 aromatic heterocycles. The van der Waals surface area contributed by atoms with E-state index < -0.39 is 0 Å². The van der Waals surface area contributed by atoms with E-state index >= 15 is 0 Å². The minimum absolute atomic E-state index is 0.111. The van der Waals surface area contributed by atoms with E-state index in [1.807, 2.05) is 0 Å².